The van der Waals surface area contributed by atoms with Crippen molar-refractivity contribution in [1.82, 2.24) is 4.98 Å². The Bertz CT molecular complexity index is 223. The molecule has 11 heavy (non-hydrogen) atoms. The monoisotopic (exact) mass is 151 g/mol. The maximum atomic E-state index is 8.93. The lowest BCUT2D eigenvalue weighted by Crippen LogP contribution is -2.11. The summed E-state index contributed by atoms with van der Waals surface area (Å²) in [5.74, 6) is 0.389. The average Bonchev–Trinajstić information content (AvgIpc) is 2.06. The highest BCUT2D eigenvalue weighted by atomic mass is 16.6. The predicted molar refractivity (Wildman–Crippen MR) is 41.1 cm³/mol. The van der Waals surface area contributed by atoms with Crippen molar-refractivity contribution in [2.45, 2.75) is 6.29 Å². The van der Waals surface area contributed by atoms with Crippen LogP contribution in [0.2, 0.25) is 0 Å². The molecule has 1 heterocycles. The number of aliphatic hydroxyl groups excluding tert-OH is 1. The fraction of sp³-hybridized carbons (Fsp3) is 0.125. The van der Waals surface area contributed by atoms with Crippen molar-refractivity contribution in [3.8, 4) is 5.88 Å². The SMILES string of the molecule is C=CC(O)Oc1ccccn1. The van der Waals surface area contributed by atoms with Crippen LogP contribution in [0.1, 0.15) is 0 Å². The minimum absolute atomic E-state index is 0.389. The third kappa shape index (κ3) is 2.39. The van der Waals surface area contributed by atoms with Gasteiger partial charge in [0.1, 0.15) is 0 Å². The van der Waals surface area contributed by atoms with Crippen molar-refractivity contribution >= 4 is 0 Å². The van der Waals surface area contributed by atoms with Gasteiger partial charge in [0.05, 0.1) is 0 Å². The molecule has 0 spiro atoms. The molecule has 1 unspecified atom stereocenters. The number of aliphatic hydroxyl groups is 1. The van der Waals surface area contributed by atoms with E-state index < -0.39 is 6.29 Å². The zero-order chi connectivity index (χ0) is 8.10. The smallest absolute Gasteiger partial charge is 0.218 e. The fourth-order valence-corrected chi connectivity index (χ4v) is 0.589. The van der Waals surface area contributed by atoms with Crippen LogP contribution in [0.25, 0.3) is 0 Å². The number of hydrogen-bond acceptors (Lipinski definition) is 3. The Labute approximate surface area is 65.0 Å². The largest absolute Gasteiger partial charge is 0.444 e. The van der Waals surface area contributed by atoms with Gasteiger partial charge in [0.15, 0.2) is 0 Å². The van der Waals surface area contributed by atoms with Gasteiger partial charge in [0.2, 0.25) is 12.2 Å². The van der Waals surface area contributed by atoms with E-state index in [0.717, 1.165) is 0 Å². The molecular formula is C8H9NO2. The van der Waals surface area contributed by atoms with E-state index in [0.29, 0.717) is 5.88 Å². The summed E-state index contributed by atoms with van der Waals surface area (Å²) in [5, 5.41) is 8.93. The number of pyridine rings is 1. The molecule has 0 amide bonds. The first-order valence-corrected chi connectivity index (χ1v) is 3.21. The van der Waals surface area contributed by atoms with Gasteiger partial charge in [0, 0.05) is 12.3 Å². The maximum Gasteiger partial charge on any atom is 0.218 e. The van der Waals surface area contributed by atoms with Crippen LogP contribution in [0.5, 0.6) is 5.88 Å². The highest BCUT2D eigenvalue weighted by Gasteiger charge is 1.98. The van der Waals surface area contributed by atoms with Crippen LogP contribution < -0.4 is 4.74 Å². The lowest BCUT2D eigenvalue weighted by molar-refractivity contribution is 0.0214. The van der Waals surface area contributed by atoms with Gasteiger partial charge in [-0.05, 0) is 12.1 Å². The van der Waals surface area contributed by atoms with Gasteiger partial charge >= 0.3 is 0 Å². The van der Waals surface area contributed by atoms with Crippen LogP contribution in [0.4, 0.5) is 0 Å². The number of rotatable bonds is 3. The molecule has 0 saturated heterocycles. The van der Waals surface area contributed by atoms with Crippen molar-refractivity contribution in [2.75, 3.05) is 0 Å². The van der Waals surface area contributed by atoms with E-state index >= 15 is 0 Å². The van der Waals surface area contributed by atoms with Gasteiger partial charge in [-0.3, -0.25) is 0 Å². The Morgan fingerprint density at radius 1 is 1.64 bits per heavy atom. The van der Waals surface area contributed by atoms with Crippen LogP contribution >= 0.6 is 0 Å². The molecule has 0 aromatic carbocycles. The average molecular weight is 151 g/mol. The van der Waals surface area contributed by atoms with Crippen LogP contribution in [0.15, 0.2) is 37.1 Å². The molecule has 3 heteroatoms. The Morgan fingerprint density at radius 3 is 3.00 bits per heavy atom. The normalized spacial score (nSPS) is 12.1. The number of aromatic nitrogens is 1. The molecule has 0 fully saturated rings. The molecule has 1 rings (SSSR count). The Hall–Kier alpha value is -1.35. The summed E-state index contributed by atoms with van der Waals surface area (Å²) < 4.78 is 4.89. The Kier molecular flexibility index (Phi) is 2.63. The zero-order valence-electron chi connectivity index (χ0n) is 5.97. The lowest BCUT2D eigenvalue weighted by atomic mass is 10.5. The van der Waals surface area contributed by atoms with E-state index in [1.165, 1.54) is 6.08 Å². The molecular weight excluding hydrogens is 142 g/mol. The highest BCUT2D eigenvalue weighted by molar-refractivity contribution is 5.09. The lowest BCUT2D eigenvalue weighted by Gasteiger charge is -2.06. The van der Waals surface area contributed by atoms with E-state index in [-0.39, 0.29) is 0 Å². The van der Waals surface area contributed by atoms with Crippen molar-refractivity contribution in [3.63, 3.8) is 0 Å². The van der Waals surface area contributed by atoms with E-state index in [2.05, 4.69) is 11.6 Å². The number of ether oxygens (including phenoxy) is 1. The molecule has 58 valence electrons. The van der Waals surface area contributed by atoms with Crippen molar-refractivity contribution in [2.24, 2.45) is 0 Å². The maximum absolute atomic E-state index is 8.93. The van der Waals surface area contributed by atoms with Crippen LogP contribution in [-0.4, -0.2) is 16.4 Å². The summed E-state index contributed by atoms with van der Waals surface area (Å²) in [7, 11) is 0. The standard InChI is InChI=1S/C8H9NO2/c1-2-8(10)11-7-5-3-4-6-9-7/h2-6,8,10H,1H2. The summed E-state index contributed by atoms with van der Waals surface area (Å²) in [6.07, 6.45) is 1.89. The molecule has 0 aliphatic heterocycles. The van der Waals surface area contributed by atoms with E-state index in [1.54, 1.807) is 24.4 Å². The topological polar surface area (TPSA) is 42.4 Å². The first kappa shape index (κ1) is 7.75. The van der Waals surface area contributed by atoms with E-state index in [4.69, 9.17) is 9.84 Å². The summed E-state index contributed by atoms with van der Waals surface area (Å²) in [6, 6.07) is 5.21. The Balaban J connectivity index is 2.57. The summed E-state index contributed by atoms with van der Waals surface area (Å²) in [4.78, 5) is 3.84. The Morgan fingerprint density at radius 2 is 2.45 bits per heavy atom. The molecule has 1 aromatic heterocycles. The zero-order valence-corrected chi connectivity index (χ0v) is 5.97. The van der Waals surface area contributed by atoms with Crippen molar-refractivity contribution in [3.05, 3.63) is 37.1 Å². The predicted octanol–water partition coefficient (Wildman–Crippen LogP) is 0.965. The van der Waals surface area contributed by atoms with Gasteiger partial charge in [-0.25, -0.2) is 4.98 Å². The molecule has 3 nitrogen and oxygen atoms in total. The molecule has 0 saturated carbocycles. The van der Waals surface area contributed by atoms with Gasteiger partial charge in [0.25, 0.3) is 0 Å². The molecule has 0 aliphatic rings. The summed E-state index contributed by atoms with van der Waals surface area (Å²) >= 11 is 0. The van der Waals surface area contributed by atoms with Gasteiger partial charge in [-0.15, -0.1) is 0 Å². The molecule has 0 bridgehead atoms. The van der Waals surface area contributed by atoms with Crippen LogP contribution in [-0.2, 0) is 0 Å². The van der Waals surface area contributed by atoms with Gasteiger partial charge < -0.3 is 9.84 Å². The number of hydrogen-bond donors (Lipinski definition) is 1. The van der Waals surface area contributed by atoms with E-state index in [1.807, 2.05) is 0 Å². The minimum atomic E-state index is -0.982. The molecule has 0 radical (unpaired) electrons. The van der Waals surface area contributed by atoms with Gasteiger partial charge in [-0.2, -0.15) is 0 Å². The molecule has 1 aromatic rings. The quantitative estimate of drug-likeness (QED) is 0.517. The fourth-order valence-electron chi connectivity index (χ4n) is 0.589. The van der Waals surface area contributed by atoms with Gasteiger partial charge in [-0.1, -0.05) is 12.6 Å². The number of nitrogens with zero attached hydrogens (tertiary/aromatic N) is 1. The highest BCUT2D eigenvalue weighted by Crippen LogP contribution is 2.04. The van der Waals surface area contributed by atoms with Crippen LogP contribution in [0.3, 0.4) is 0 Å². The van der Waals surface area contributed by atoms with Crippen LogP contribution in [0, 0.1) is 0 Å². The third-order valence-corrected chi connectivity index (χ3v) is 1.08. The minimum Gasteiger partial charge on any atom is -0.444 e. The second kappa shape index (κ2) is 3.73. The first-order valence-electron chi connectivity index (χ1n) is 3.21. The molecule has 1 N–H and O–H groups in total. The molecule has 0 aliphatic carbocycles. The van der Waals surface area contributed by atoms with Crippen molar-refractivity contribution in [1.29, 1.82) is 0 Å². The molecule has 1 atom stereocenters. The van der Waals surface area contributed by atoms with Crippen molar-refractivity contribution < 1.29 is 9.84 Å². The third-order valence-electron chi connectivity index (χ3n) is 1.08. The summed E-state index contributed by atoms with van der Waals surface area (Å²) in [6.45, 7) is 3.35. The second-order valence-electron chi connectivity index (χ2n) is 1.91. The second-order valence-corrected chi connectivity index (χ2v) is 1.91. The summed E-state index contributed by atoms with van der Waals surface area (Å²) in [5.41, 5.74) is 0. The van der Waals surface area contributed by atoms with E-state index in [9.17, 15) is 0 Å². The first-order chi connectivity index (χ1) is 5.33.